The number of rotatable bonds is 7. The number of carbonyl (C=O) groups is 1. The standard InChI is InChI=1S/C24H31N3O3S/c1-20-11-12-23(18-21(20)2)31(29,30)25(3)19-24(28)27-16-14-26(15-17-27)13-7-10-22-8-5-4-6-9-22/h4-12,18H,13-17,19H2,1-3H3/b10-7+. The zero-order chi connectivity index (χ0) is 22.4. The molecule has 0 saturated carbocycles. The van der Waals surface area contributed by atoms with Gasteiger partial charge in [0.1, 0.15) is 0 Å². The van der Waals surface area contributed by atoms with Gasteiger partial charge in [-0.05, 0) is 42.7 Å². The summed E-state index contributed by atoms with van der Waals surface area (Å²) in [6.07, 6.45) is 4.24. The molecular formula is C24H31N3O3S. The van der Waals surface area contributed by atoms with Crippen molar-refractivity contribution in [3.8, 4) is 0 Å². The third kappa shape index (κ3) is 6.03. The van der Waals surface area contributed by atoms with Crippen LogP contribution in [0.3, 0.4) is 0 Å². The van der Waals surface area contributed by atoms with Crippen molar-refractivity contribution >= 4 is 22.0 Å². The molecule has 6 nitrogen and oxygen atoms in total. The van der Waals surface area contributed by atoms with E-state index < -0.39 is 10.0 Å². The summed E-state index contributed by atoms with van der Waals surface area (Å²) in [5, 5.41) is 0. The highest BCUT2D eigenvalue weighted by molar-refractivity contribution is 7.89. The first-order valence-corrected chi connectivity index (χ1v) is 12.0. The second kappa shape index (κ2) is 10.2. The minimum atomic E-state index is -3.69. The van der Waals surface area contributed by atoms with Gasteiger partial charge in [0.15, 0.2) is 0 Å². The number of hydrogen-bond donors (Lipinski definition) is 0. The van der Waals surface area contributed by atoms with Crippen molar-refractivity contribution in [2.75, 3.05) is 46.3 Å². The van der Waals surface area contributed by atoms with Crippen molar-refractivity contribution in [2.45, 2.75) is 18.7 Å². The Morgan fingerprint density at radius 3 is 2.32 bits per heavy atom. The predicted molar refractivity (Wildman–Crippen MR) is 124 cm³/mol. The molecule has 0 spiro atoms. The number of likely N-dealkylation sites (N-methyl/N-ethyl adjacent to an activating group) is 1. The summed E-state index contributed by atoms with van der Waals surface area (Å²) >= 11 is 0. The third-order valence-electron chi connectivity index (χ3n) is 5.74. The van der Waals surface area contributed by atoms with Crippen molar-refractivity contribution in [2.24, 2.45) is 0 Å². The molecule has 1 aliphatic heterocycles. The Morgan fingerprint density at radius 1 is 1.00 bits per heavy atom. The van der Waals surface area contributed by atoms with Crippen LogP contribution in [-0.2, 0) is 14.8 Å². The first-order chi connectivity index (χ1) is 14.8. The van der Waals surface area contributed by atoms with Gasteiger partial charge in [0.05, 0.1) is 11.4 Å². The molecule has 1 fully saturated rings. The number of amides is 1. The van der Waals surface area contributed by atoms with Gasteiger partial charge < -0.3 is 4.90 Å². The summed E-state index contributed by atoms with van der Waals surface area (Å²) in [4.78, 5) is 17.0. The zero-order valence-electron chi connectivity index (χ0n) is 18.5. The summed E-state index contributed by atoms with van der Waals surface area (Å²) in [5.74, 6) is -0.158. The molecule has 0 unspecified atom stereocenters. The highest BCUT2D eigenvalue weighted by Crippen LogP contribution is 2.18. The minimum Gasteiger partial charge on any atom is -0.339 e. The van der Waals surface area contributed by atoms with Gasteiger partial charge in [-0.2, -0.15) is 4.31 Å². The van der Waals surface area contributed by atoms with E-state index in [4.69, 9.17) is 0 Å². The van der Waals surface area contributed by atoms with E-state index in [-0.39, 0.29) is 17.3 Å². The average molecular weight is 442 g/mol. The maximum absolute atomic E-state index is 12.8. The smallest absolute Gasteiger partial charge is 0.243 e. The van der Waals surface area contributed by atoms with Gasteiger partial charge in [0.25, 0.3) is 0 Å². The van der Waals surface area contributed by atoms with Crippen LogP contribution in [0.5, 0.6) is 0 Å². The Morgan fingerprint density at radius 2 is 1.68 bits per heavy atom. The first kappa shape index (κ1) is 23.2. The van der Waals surface area contributed by atoms with Gasteiger partial charge in [0.2, 0.25) is 15.9 Å². The van der Waals surface area contributed by atoms with E-state index >= 15 is 0 Å². The van der Waals surface area contributed by atoms with E-state index in [0.29, 0.717) is 13.1 Å². The van der Waals surface area contributed by atoms with Crippen LogP contribution >= 0.6 is 0 Å². The van der Waals surface area contributed by atoms with Crippen molar-refractivity contribution in [3.05, 3.63) is 71.3 Å². The second-order valence-corrected chi connectivity index (χ2v) is 10.0. The largest absolute Gasteiger partial charge is 0.339 e. The van der Waals surface area contributed by atoms with Crippen LogP contribution in [0.2, 0.25) is 0 Å². The second-order valence-electron chi connectivity index (χ2n) is 8.00. The van der Waals surface area contributed by atoms with Crippen molar-refractivity contribution < 1.29 is 13.2 Å². The lowest BCUT2D eigenvalue weighted by molar-refractivity contribution is -0.132. The average Bonchev–Trinajstić information content (AvgIpc) is 2.76. The van der Waals surface area contributed by atoms with E-state index in [1.807, 2.05) is 32.0 Å². The minimum absolute atomic E-state index is 0.150. The first-order valence-electron chi connectivity index (χ1n) is 10.5. The summed E-state index contributed by atoms with van der Waals surface area (Å²) in [6.45, 7) is 7.27. The predicted octanol–water partition coefficient (Wildman–Crippen LogP) is 2.78. The van der Waals surface area contributed by atoms with Gasteiger partial charge in [-0.3, -0.25) is 9.69 Å². The van der Waals surface area contributed by atoms with Crippen LogP contribution in [0.25, 0.3) is 6.08 Å². The lowest BCUT2D eigenvalue weighted by Crippen LogP contribution is -2.51. The van der Waals surface area contributed by atoms with Crippen molar-refractivity contribution in [1.29, 1.82) is 0 Å². The zero-order valence-corrected chi connectivity index (χ0v) is 19.3. The fourth-order valence-electron chi connectivity index (χ4n) is 3.51. The Labute approximate surface area is 185 Å². The van der Waals surface area contributed by atoms with Crippen LogP contribution < -0.4 is 0 Å². The topological polar surface area (TPSA) is 60.9 Å². The van der Waals surface area contributed by atoms with E-state index in [9.17, 15) is 13.2 Å². The van der Waals surface area contributed by atoms with Gasteiger partial charge in [-0.15, -0.1) is 0 Å². The fraction of sp³-hybridized carbons (Fsp3) is 0.375. The van der Waals surface area contributed by atoms with Gasteiger partial charge >= 0.3 is 0 Å². The normalized spacial score (nSPS) is 15.7. The van der Waals surface area contributed by atoms with Crippen LogP contribution in [0.1, 0.15) is 16.7 Å². The Bertz CT molecular complexity index is 1030. The number of carbonyl (C=O) groups excluding carboxylic acids is 1. The highest BCUT2D eigenvalue weighted by Gasteiger charge is 2.27. The Balaban J connectivity index is 1.50. The van der Waals surface area contributed by atoms with Crippen molar-refractivity contribution in [3.63, 3.8) is 0 Å². The quantitative estimate of drug-likeness (QED) is 0.663. The molecule has 1 amide bonds. The number of sulfonamides is 1. The van der Waals surface area contributed by atoms with Crippen LogP contribution in [0.4, 0.5) is 0 Å². The number of nitrogens with zero attached hydrogens (tertiary/aromatic N) is 3. The summed E-state index contributed by atoms with van der Waals surface area (Å²) in [7, 11) is -2.23. The molecule has 0 atom stereocenters. The Kier molecular flexibility index (Phi) is 7.64. The third-order valence-corrected chi connectivity index (χ3v) is 7.54. The molecule has 0 radical (unpaired) electrons. The lowest BCUT2D eigenvalue weighted by Gasteiger charge is -2.34. The molecule has 1 heterocycles. The van der Waals surface area contributed by atoms with Crippen molar-refractivity contribution in [1.82, 2.24) is 14.1 Å². The summed E-state index contributed by atoms with van der Waals surface area (Å²) in [6, 6.07) is 15.2. The summed E-state index contributed by atoms with van der Waals surface area (Å²) < 4.78 is 26.8. The molecule has 31 heavy (non-hydrogen) atoms. The molecule has 1 aliphatic rings. The maximum Gasteiger partial charge on any atom is 0.243 e. The van der Waals surface area contributed by atoms with Gasteiger partial charge in [-0.1, -0.05) is 48.6 Å². The molecule has 0 N–H and O–H groups in total. The Hall–Kier alpha value is -2.48. The van der Waals surface area contributed by atoms with E-state index in [0.717, 1.165) is 35.1 Å². The van der Waals surface area contributed by atoms with E-state index in [2.05, 4.69) is 29.2 Å². The molecule has 1 saturated heterocycles. The molecule has 7 heteroatoms. The van der Waals surface area contributed by atoms with Crippen LogP contribution in [0.15, 0.2) is 59.5 Å². The van der Waals surface area contributed by atoms with Gasteiger partial charge in [-0.25, -0.2) is 8.42 Å². The molecule has 0 aromatic heterocycles. The molecular weight excluding hydrogens is 410 g/mol. The number of aryl methyl sites for hydroxylation is 2. The fourth-order valence-corrected chi connectivity index (χ4v) is 4.72. The molecule has 0 bridgehead atoms. The van der Waals surface area contributed by atoms with E-state index in [1.165, 1.54) is 12.6 Å². The molecule has 2 aromatic rings. The number of benzene rings is 2. The van der Waals surface area contributed by atoms with E-state index in [1.54, 1.807) is 23.1 Å². The highest BCUT2D eigenvalue weighted by atomic mass is 32.2. The molecule has 3 rings (SSSR count). The number of hydrogen-bond acceptors (Lipinski definition) is 4. The SMILES string of the molecule is Cc1ccc(S(=O)(=O)N(C)CC(=O)N2CCN(C/C=C/c3ccccc3)CC2)cc1C. The summed E-state index contributed by atoms with van der Waals surface area (Å²) in [5.41, 5.74) is 3.12. The monoisotopic (exact) mass is 441 g/mol. The molecule has 2 aromatic carbocycles. The molecule has 166 valence electrons. The van der Waals surface area contributed by atoms with Crippen LogP contribution in [0, 0.1) is 13.8 Å². The lowest BCUT2D eigenvalue weighted by atomic mass is 10.1. The van der Waals surface area contributed by atoms with Crippen LogP contribution in [-0.4, -0.2) is 74.7 Å². The molecule has 0 aliphatic carbocycles. The maximum atomic E-state index is 12.8. The number of piperazine rings is 1. The van der Waals surface area contributed by atoms with Gasteiger partial charge in [0, 0.05) is 39.8 Å².